The lowest BCUT2D eigenvalue weighted by molar-refractivity contribution is -0.0195. The van der Waals surface area contributed by atoms with Crippen LogP contribution < -0.4 is 16.4 Å². The third-order valence-electron chi connectivity index (χ3n) is 10.8. The molecule has 5 aliphatic rings. The lowest BCUT2D eigenvalue weighted by atomic mass is 9.68. The summed E-state index contributed by atoms with van der Waals surface area (Å²) in [6.07, 6.45) is 13.0. The first-order valence-corrected chi connectivity index (χ1v) is 17.7. The molecule has 0 spiro atoms. The zero-order valence-electron chi connectivity index (χ0n) is 29.4. The maximum absolute atomic E-state index is 13.5. The fraction of sp³-hybridized carbons (Fsp3) is 0.541. The second-order valence-electron chi connectivity index (χ2n) is 14.6. The van der Waals surface area contributed by atoms with Crippen molar-refractivity contribution in [2.24, 2.45) is 10.7 Å². The number of hydrogen-bond donors (Lipinski definition) is 3. The number of alkyl carbamates (subject to hydrolysis) is 1. The second kappa shape index (κ2) is 13.2. The number of aliphatic imine (C=N–C) groups is 1. The van der Waals surface area contributed by atoms with Crippen molar-refractivity contribution in [3.8, 4) is 0 Å². The fourth-order valence-corrected chi connectivity index (χ4v) is 7.15. The highest BCUT2D eigenvalue weighted by atomic mass is 35.5. The van der Waals surface area contributed by atoms with Gasteiger partial charge in [0.25, 0.3) is 0 Å². The summed E-state index contributed by atoms with van der Waals surface area (Å²) in [6, 6.07) is 5.06. The minimum Gasteiger partial charge on any atom is -0.443 e. The van der Waals surface area contributed by atoms with Gasteiger partial charge in [-0.1, -0.05) is 36.4 Å². The number of carbonyl (C=O) groups is 2. The van der Waals surface area contributed by atoms with E-state index in [1.54, 1.807) is 11.2 Å². The van der Waals surface area contributed by atoms with Crippen LogP contribution in [0.3, 0.4) is 0 Å². The van der Waals surface area contributed by atoms with E-state index < -0.39 is 28.9 Å². The molecule has 3 atom stereocenters. The smallest absolute Gasteiger partial charge is 0.410 e. The van der Waals surface area contributed by atoms with Crippen molar-refractivity contribution < 1.29 is 19.1 Å². The normalized spacial score (nSPS) is 28.3. The Labute approximate surface area is 294 Å². The number of benzene rings is 1. The molecule has 3 aliphatic carbocycles. The van der Waals surface area contributed by atoms with Crippen molar-refractivity contribution in [3.63, 3.8) is 0 Å². The summed E-state index contributed by atoms with van der Waals surface area (Å²) in [7, 11) is 1.86. The number of likely N-dealkylation sites (N-methyl/N-ethyl adjacent to an activating group) is 1. The van der Waals surface area contributed by atoms with E-state index in [1.165, 1.54) is 0 Å². The van der Waals surface area contributed by atoms with E-state index in [9.17, 15) is 9.59 Å². The van der Waals surface area contributed by atoms with Crippen molar-refractivity contribution in [1.82, 2.24) is 25.3 Å². The van der Waals surface area contributed by atoms with Crippen LogP contribution in [0.25, 0.3) is 5.57 Å². The highest BCUT2D eigenvalue weighted by molar-refractivity contribution is 6.30. The quantitative estimate of drug-likeness (QED) is 0.230. The molecule has 2 aliphatic heterocycles. The molecule has 2 heterocycles. The van der Waals surface area contributed by atoms with Crippen LogP contribution in [0.4, 0.5) is 9.59 Å². The molecule has 0 aromatic heterocycles. The number of dihydropyridines is 1. The zero-order chi connectivity index (χ0) is 35.2. The summed E-state index contributed by atoms with van der Waals surface area (Å²) in [5.41, 5.74) is 9.26. The fourth-order valence-electron chi connectivity index (χ4n) is 6.98. The molecule has 6 rings (SSSR count). The molecule has 1 aromatic carbocycles. The molecule has 4 N–H and O–H groups in total. The molecule has 2 unspecified atom stereocenters. The first kappa shape index (κ1) is 35.0. The number of nitrogens with one attached hydrogen (secondary N) is 2. The van der Waals surface area contributed by atoms with Crippen LogP contribution in [-0.4, -0.2) is 95.8 Å². The number of allylic oxidation sites excluding steroid dienone is 3. The topological polar surface area (TPSA) is 125 Å². The van der Waals surface area contributed by atoms with E-state index in [0.717, 1.165) is 48.0 Å². The third kappa shape index (κ3) is 6.85. The second-order valence-corrected chi connectivity index (χ2v) is 15.0. The highest BCUT2D eigenvalue weighted by Crippen LogP contribution is 2.48. The van der Waals surface area contributed by atoms with E-state index in [-0.39, 0.29) is 11.7 Å². The van der Waals surface area contributed by atoms with E-state index in [4.69, 9.17) is 26.8 Å². The van der Waals surface area contributed by atoms with E-state index in [2.05, 4.69) is 46.2 Å². The minimum absolute atomic E-state index is 0.276. The lowest BCUT2D eigenvalue weighted by Gasteiger charge is -2.57. The van der Waals surface area contributed by atoms with Gasteiger partial charge in [0.1, 0.15) is 16.9 Å². The third-order valence-corrected chi connectivity index (χ3v) is 11.1. The number of nitrogens with two attached hydrogens (primary N) is 1. The van der Waals surface area contributed by atoms with Crippen molar-refractivity contribution in [3.05, 3.63) is 76.6 Å². The molecule has 0 bridgehead atoms. The van der Waals surface area contributed by atoms with Gasteiger partial charge in [0, 0.05) is 50.5 Å². The van der Waals surface area contributed by atoms with Gasteiger partial charge in [-0.2, -0.15) is 0 Å². The van der Waals surface area contributed by atoms with Gasteiger partial charge in [0.2, 0.25) is 0 Å². The summed E-state index contributed by atoms with van der Waals surface area (Å²) in [4.78, 5) is 36.8. The Balaban J connectivity index is 1.43. The Kier molecular flexibility index (Phi) is 9.40. The number of halogens is 1. The zero-order valence-corrected chi connectivity index (χ0v) is 30.1. The molecular formula is C37H50ClN7O4. The Hall–Kier alpha value is -3.80. The number of amides is 2. The number of rotatable bonds is 9. The molecular weight excluding hydrogens is 642 g/mol. The van der Waals surface area contributed by atoms with Crippen molar-refractivity contribution in [2.45, 2.75) is 88.2 Å². The van der Waals surface area contributed by atoms with E-state index >= 15 is 0 Å². The van der Waals surface area contributed by atoms with Gasteiger partial charge >= 0.3 is 12.2 Å². The number of nitrogens with zero attached hydrogens (tertiary/aromatic N) is 4. The molecule has 11 nitrogen and oxygen atoms in total. The van der Waals surface area contributed by atoms with Crippen LogP contribution in [0.2, 0.25) is 5.02 Å². The molecule has 3 fully saturated rings. The molecule has 1 aromatic rings. The number of hydrogen-bond acceptors (Lipinski definition) is 8. The van der Waals surface area contributed by atoms with E-state index in [1.807, 2.05) is 63.2 Å². The molecule has 12 heteroatoms. The monoisotopic (exact) mass is 691 g/mol. The molecule has 264 valence electrons. The van der Waals surface area contributed by atoms with Gasteiger partial charge in [0.05, 0.1) is 17.9 Å². The van der Waals surface area contributed by atoms with Gasteiger partial charge in [-0.15, -0.1) is 0 Å². The molecule has 0 radical (unpaired) electrons. The predicted octanol–water partition coefficient (Wildman–Crippen LogP) is 5.49. The van der Waals surface area contributed by atoms with Crippen LogP contribution in [-0.2, 0) is 15.1 Å². The number of piperazine rings is 1. The summed E-state index contributed by atoms with van der Waals surface area (Å²) in [6.45, 7) is 15.0. The summed E-state index contributed by atoms with van der Waals surface area (Å²) in [5, 5.41) is 7.31. The molecule has 2 amide bonds. The van der Waals surface area contributed by atoms with Crippen LogP contribution >= 0.6 is 11.6 Å². The predicted molar refractivity (Wildman–Crippen MR) is 193 cm³/mol. The minimum atomic E-state index is -1.12. The Morgan fingerprint density at radius 1 is 1.14 bits per heavy atom. The number of carbonyl (C=O) groups excluding carboxylic acids is 2. The SMILES string of the molecule is C=C(C(NC(=O)OC1(C)CC1)/C1=C/CC2=CC=CNC2(C)[C@@](N)(N2CCN(C(=O)OC3(C)CC3)CC2)c2ccc(Cl)cc21)N(C)C=NCC. The summed E-state index contributed by atoms with van der Waals surface area (Å²) in [5.74, 6) is 0. The Bertz CT molecular complexity index is 1620. The molecule has 2 saturated carbocycles. The number of fused-ring (bicyclic) bond motifs is 2. The average Bonchev–Trinajstić information content (AvgIpc) is 4.00. The summed E-state index contributed by atoms with van der Waals surface area (Å²) < 4.78 is 11.6. The van der Waals surface area contributed by atoms with Crippen LogP contribution in [0, 0.1) is 0 Å². The van der Waals surface area contributed by atoms with Gasteiger partial charge in [-0.3, -0.25) is 9.89 Å². The maximum Gasteiger partial charge on any atom is 0.410 e. The Morgan fingerprint density at radius 3 is 2.47 bits per heavy atom. The van der Waals surface area contributed by atoms with E-state index in [0.29, 0.717) is 49.9 Å². The van der Waals surface area contributed by atoms with Gasteiger partial charge in [-0.05, 0) is 106 Å². The lowest BCUT2D eigenvalue weighted by Crippen LogP contribution is -2.74. The largest absolute Gasteiger partial charge is 0.443 e. The molecule has 1 saturated heterocycles. The van der Waals surface area contributed by atoms with Gasteiger partial charge in [0.15, 0.2) is 0 Å². The van der Waals surface area contributed by atoms with Crippen molar-refractivity contribution in [2.75, 3.05) is 39.8 Å². The van der Waals surface area contributed by atoms with Gasteiger partial charge in [-0.25, -0.2) is 9.59 Å². The first-order chi connectivity index (χ1) is 23.2. The highest BCUT2D eigenvalue weighted by Gasteiger charge is 2.55. The average molecular weight is 692 g/mol. The standard InChI is InChI=1S/C37H50ClN7O4/c1-7-40-24-43(6)25(2)31(42-32(46)48-34(3)14-15-34)28-12-10-26-9-8-18-41-36(26,5)37(39,30-13-11-27(38)23-29(28)30)45-21-19-44(20-22-45)33(47)49-35(4)16-17-35/h8-9,11-13,18,23-24,31,41H,2,7,10,14-17,19-22,39H2,1,3-6H3,(H,42,46)/b28-12+,40-24?/t31?,36?,37-/m0/s1. The first-order valence-electron chi connectivity index (χ1n) is 17.3. The van der Waals surface area contributed by atoms with Gasteiger partial charge < -0.3 is 35.6 Å². The number of ether oxygens (including phenoxy) is 2. The van der Waals surface area contributed by atoms with Crippen LogP contribution in [0.1, 0.15) is 70.9 Å². The summed E-state index contributed by atoms with van der Waals surface area (Å²) >= 11 is 6.77. The Morgan fingerprint density at radius 2 is 1.82 bits per heavy atom. The van der Waals surface area contributed by atoms with Crippen LogP contribution in [0.15, 0.2) is 65.5 Å². The van der Waals surface area contributed by atoms with Crippen molar-refractivity contribution in [1.29, 1.82) is 0 Å². The van der Waals surface area contributed by atoms with Crippen molar-refractivity contribution >= 4 is 35.7 Å². The van der Waals surface area contributed by atoms with Crippen LogP contribution in [0.5, 0.6) is 0 Å². The maximum atomic E-state index is 13.5. The molecule has 49 heavy (non-hydrogen) atoms.